The van der Waals surface area contributed by atoms with Gasteiger partial charge in [-0.15, -0.1) is 0 Å². The van der Waals surface area contributed by atoms with E-state index in [1.807, 2.05) is 30.3 Å². The van der Waals surface area contributed by atoms with Crippen LogP contribution < -0.4 is 10.2 Å². The Kier molecular flexibility index (Phi) is 4.10. The highest BCUT2D eigenvalue weighted by Gasteiger charge is 2.37. The van der Waals surface area contributed by atoms with Gasteiger partial charge in [-0.05, 0) is 37.2 Å². The fourth-order valence-corrected chi connectivity index (χ4v) is 3.62. The van der Waals surface area contributed by atoms with Gasteiger partial charge in [-0.3, -0.25) is 19.7 Å². The first-order valence-corrected chi connectivity index (χ1v) is 8.84. The molecular weight excluding hydrogens is 300 g/mol. The fourth-order valence-electron chi connectivity index (χ4n) is 3.62. The highest BCUT2D eigenvalue weighted by atomic mass is 16.2. The van der Waals surface area contributed by atoms with Gasteiger partial charge in [-0.2, -0.15) is 5.10 Å². The molecule has 1 aromatic carbocycles. The van der Waals surface area contributed by atoms with E-state index in [0.29, 0.717) is 5.92 Å². The number of piperidine rings is 1. The van der Waals surface area contributed by atoms with Gasteiger partial charge < -0.3 is 0 Å². The van der Waals surface area contributed by atoms with Gasteiger partial charge in [-0.25, -0.2) is 0 Å². The summed E-state index contributed by atoms with van der Waals surface area (Å²) in [6.45, 7) is 0.757. The molecule has 1 saturated carbocycles. The first kappa shape index (κ1) is 15.4. The fraction of sp³-hybridized carbons (Fsp3) is 0.474. The minimum absolute atomic E-state index is 0.119. The van der Waals surface area contributed by atoms with E-state index in [1.54, 1.807) is 4.68 Å². The summed E-state index contributed by atoms with van der Waals surface area (Å²) < 4.78 is 1.75. The van der Waals surface area contributed by atoms with Gasteiger partial charge in [0.1, 0.15) is 0 Å². The summed E-state index contributed by atoms with van der Waals surface area (Å²) in [7, 11) is 1.88. The quantitative estimate of drug-likeness (QED) is 0.920. The van der Waals surface area contributed by atoms with E-state index < -0.39 is 0 Å². The van der Waals surface area contributed by atoms with Crippen molar-refractivity contribution < 1.29 is 4.79 Å². The number of nitrogens with one attached hydrogen (secondary N) is 1. The summed E-state index contributed by atoms with van der Waals surface area (Å²) in [5, 5.41) is 8.06. The summed E-state index contributed by atoms with van der Waals surface area (Å²) in [5.41, 5.74) is 1.29. The van der Waals surface area contributed by atoms with Crippen molar-refractivity contribution in [1.29, 1.82) is 0 Å². The van der Waals surface area contributed by atoms with Crippen LogP contribution in [0.25, 0.3) is 0 Å². The summed E-state index contributed by atoms with van der Waals surface area (Å²) >= 11 is 0. The molecule has 2 atom stereocenters. The maximum Gasteiger partial charge on any atom is 0.245 e. The van der Waals surface area contributed by atoms with Crippen LogP contribution in [0, 0.1) is 5.92 Å². The Balaban J connectivity index is 1.51. The molecule has 4 rings (SSSR count). The van der Waals surface area contributed by atoms with Crippen LogP contribution in [-0.2, 0) is 11.8 Å². The summed E-state index contributed by atoms with van der Waals surface area (Å²) in [6.07, 6.45) is 6.29. The monoisotopic (exact) mass is 324 g/mol. The molecule has 2 heterocycles. The third kappa shape index (κ3) is 3.08. The number of hydrogen-bond acceptors (Lipinski definition) is 3. The van der Waals surface area contributed by atoms with Crippen molar-refractivity contribution in [3.05, 3.63) is 48.2 Å². The zero-order valence-corrected chi connectivity index (χ0v) is 14.1. The van der Waals surface area contributed by atoms with Crippen molar-refractivity contribution >= 4 is 11.7 Å². The number of anilines is 1. The minimum atomic E-state index is -0.119. The van der Waals surface area contributed by atoms with Crippen molar-refractivity contribution in [2.75, 3.05) is 11.4 Å². The van der Waals surface area contributed by atoms with Crippen LogP contribution in [0.1, 0.15) is 37.3 Å². The largest absolute Gasteiger partial charge is 0.299 e. The number of aromatic nitrogens is 2. The van der Waals surface area contributed by atoms with Crippen LogP contribution in [0.5, 0.6) is 0 Å². The number of carbonyl (C=O) groups excluding carboxylic acids is 1. The Morgan fingerprint density at radius 3 is 2.62 bits per heavy atom. The average Bonchev–Trinajstić information content (AvgIpc) is 3.35. The molecule has 24 heavy (non-hydrogen) atoms. The van der Waals surface area contributed by atoms with Gasteiger partial charge in [0.25, 0.3) is 0 Å². The van der Waals surface area contributed by atoms with E-state index in [1.165, 1.54) is 18.4 Å². The van der Waals surface area contributed by atoms with Gasteiger partial charge in [-0.1, -0.05) is 30.3 Å². The smallest absolute Gasteiger partial charge is 0.245 e. The van der Waals surface area contributed by atoms with E-state index in [0.717, 1.165) is 25.2 Å². The second-order valence-electron chi connectivity index (χ2n) is 6.92. The molecule has 1 amide bonds. The lowest BCUT2D eigenvalue weighted by atomic mass is 9.98. The molecule has 5 nitrogen and oxygen atoms in total. The van der Waals surface area contributed by atoms with Crippen LogP contribution >= 0.6 is 0 Å². The second-order valence-corrected chi connectivity index (χ2v) is 6.92. The summed E-state index contributed by atoms with van der Waals surface area (Å²) in [4.78, 5) is 14.8. The Hall–Kier alpha value is -2.14. The van der Waals surface area contributed by atoms with E-state index in [9.17, 15) is 4.79 Å². The number of rotatable bonds is 5. The number of carbonyl (C=O) groups is 1. The molecule has 0 spiro atoms. The third-order valence-corrected chi connectivity index (χ3v) is 5.05. The first-order valence-electron chi connectivity index (χ1n) is 8.84. The number of nitrogens with zero attached hydrogens (tertiary/aromatic N) is 3. The average molecular weight is 324 g/mol. The lowest BCUT2D eigenvalue weighted by molar-refractivity contribution is -0.122. The van der Waals surface area contributed by atoms with Crippen LogP contribution in [0.15, 0.2) is 42.6 Å². The zero-order valence-electron chi connectivity index (χ0n) is 14.1. The molecule has 0 unspecified atom stereocenters. The molecule has 0 bridgehead atoms. The minimum Gasteiger partial charge on any atom is -0.299 e. The number of hydrogen-bond donors (Lipinski definition) is 1. The standard InChI is InChI=1S/C19H24N4O/c1-22-13-11-17(21-22)23-12-5-8-16(19(23)24)20-18(15-9-10-15)14-6-3-2-4-7-14/h2-4,6-7,11,13,15-16,18,20H,5,8-10,12H2,1H3/t16-,18-/m1/s1. The number of aryl methyl sites for hydroxylation is 1. The Labute approximate surface area is 142 Å². The molecule has 1 aliphatic carbocycles. The Bertz CT molecular complexity index is 707. The highest BCUT2D eigenvalue weighted by Crippen LogP contribution is 2.41. The van der Waals surface area contributed by atoms with Gasteiger partial charge in [0.2, 0.25) is 5.91 Å². The van der Waals surface area contributed by atoms with E-state index in [2.05, 4.69) is 34.7 Å². The molecule has 1 saturated heterocycles. The van der Waals surface area contributed by atoms with Gasteiger partial charge >= 0.3 is 0 Å². The van der Waals surface area contributed by atoms with Crippen molar-refractivity contribution in [2.45, 2.75) is 37.8 Å². The van der Waals surface area contributed by atoms with Crippen LogP contribution in [-0.4, -0.2) is 28.3 Å². The molecule has 2 aliphatic rings. The summed E-state index contributed by atoms with van der Waals surface area (Å²) in [5.74, 6) is 1.57. The number of benzene rings is 1. The molecule has 2 fully saturated rings. The third-order valence-electron chi connectivity index (χ3n) is 5.05. The highest BCUT2D eigenvalue weighted by molar-refractivity contribution is 5.97. The molecule has 2 aromatic rings. The van der Waals surface area contributed by atoms with Gasteiger partial charge in [0, 0.05) is 31.9 Å². The Morgan fingerprint density at radius 2 is 1.96 bits per heavy atom. The van der Waals surface area contributed by atoms with E-state index in [-0.39, 0.29) is 18.0 Å². The van der Waals surface area contributed by atoms with Gasteiger partial charge in [0.15, 0.2) is 5.82 Å². The molecule has 1 N–H and O–H groups in total. The number of amides is 1. The SMILES string of the molecule is Cn1ccc(N2CCC[C@@H](N[C@H](c3ccccc3)C3CC3)C2=O)n1. The maximum absolute atomic E-state index is 13.0. The Morgan fingerprint density at radius 1 is 1.17 bits per heavy atom. The lowest BCUT2D eigenvalue weighted by Crippen LogP contribution is -2.52. The molecule has 1 aliphatic heterocycles. The topological polar surface area (TPSA) is 50.2 Å². The summed E-state index contributed by atoms with van der Waals surface area (Å²) in [6, 6.07) is 12.6. The van der Waals surface area contributed by atoms with Crippen LogP contribution in [0.2, 0.25) is 0 Å². The lowest BCUT2D eigenvalue weighted by Gasteiger charge is -2.34. The van der Waals surface area contributed by atoms with E-state index >= 15 is 0 Å². The second kappa shape index (κ2) is 6.40. The van der Waals surface area contributed by atoms with Crippen molar-refractivity contribution in [3.63, 3.8) is 0 Å². The molecule has 5 heteroatoms. The molecule has 1 aromatic heterocycles. The van der Waals surface area contributed by atoms with Crippen molar-refractivity contribution in [1.82, 2.24) is 15.1 Å². The predicted octanol–water partition coefficient (Wildman–Crippen LogP) is 2.66. The first-order chi connectivity index (χ1) is 11.7. The molecule has 126 valence electrons. The van der Waals surface area contributed by atoms with Crippen LogP contribution in [0.3, 0.4) is 0 Å². The predicted molar refractivity (Wildman–Crippen MR) is 93.6 cm³/mol. The zero-order chi connectivity index (χ0) is 16.5. The molecule has 0 radical (unpaired) electrons. The van der Waals surface area contributed by atoms with E-state index in [4.69, 9.17) is 0 Å². The van der Waals surface area contributed by atoms with Crippen LogP contribution in [0.4, 0.5) is 5.82 Å². The maximum atomic E-state index is 13.0. The van der Waals surface area contributed by atoms with Crippen molar-refractivity contribution in [3.8, 4) is 0 Å². The van der Waals surface area contributed by atoms with Crippen molar-refractivity contribution in [2.24, 2.45) is 13.0 Å². The normalized spacial score (nSPS) is 22.6. The van der Waals surface area contributed by atoms with Gasteiger partial charge in [0.05, 0.1) is 6.04 Å². The molecular formula is C19H24N4O.